The predicted octanol–water partition coefficient (Wildman–Crippen LogP) is 5.87. The first-order valence-corrected chi connectivity index (χ1v) is 13.5. The van der Waals surface area contributed by atoms with Crippen molar-refractivity contribution in [2.24, 2.45) is 5.41 Å². The molecular formula is C21H25Cl2N5O4S2. The van der Waals surface area contributed by atoms with E-state index in [4.69, 9.17) is 27.6 Å². The predicted molar refractivity (Wildman–Crippen MR) is 134 cm³/mol. The second kappa shape index (κ2) is 9.54. The highest BCUT2D eigenvalue weighted by Crippen LogP contribution is 2.42. The molecule has 0 bridgehead atoms. The molecule has 1 atom stereocenters. The Bertz CT molecular complexity index is 1280. The van der Waals surface area contributed by atoms with Crippen LogP contribution in [-0.2, 0) is 10.0 Å². The number of sulfonamides is 1. The normalized spacial score (nSPS) is 16.0. The third kappa shape index (κ3) is 4.99. The molecule has 0 spiro atoms. The van der Waals surface area contributed by atoms with Gasteiger partial charge in [-0.3, -0.25) is 0 Å². The van der Waals surface area contributed by atoms with E-state index in [0.29, 0.717) is 35.5 Å². The number of benzene rings is 1. The highest BCUT2D eigenvalue weighted by atomic mass is 35.5. The molecule has 34 heavy (non-hydrogen) atoms. The number of nitrogens with one attached hydrogen (secondary N) is 2. The van der Waals surface area contributed by atoms with Gasteiger partial charge in [0, 0.05) is 19.2 Å². The van der Waals surface area contributed by atoms with Gasteiger partial charge in [-0.1, -0.05) is 44.0 Å². The molecule has 13 heteroatoms. The monoisotopic (exact) mass is 545 g/mol. The van der Waals surface area contributed by atoms with Gasteiger partial charge in [0.05, 0.1) is 33.5 Å². The summed E-state index contributed by atoms with van der Waals surface area (Å²) in [5.74, 6) is 0.892. The molecule has 0 unspecified atom stereocenters. The molecule has 1 aliphatic heterocycles. The van der Waals surface area contributed by atoms with Crippen LogP contribution in [-0.4, -0.2) is 39.7 Å². The number of rotatable bonds is 7. The van der Waals surface area contributed by atoms with E-state index < -0.39 is 15.8 Å². The number of anilines is 3. The van der Waals surface area contributed by atoms with Crippen molar-refractivity contribution in [2.45, 2.75) is 44.6 Å². The van der Waals surface area contributed by atoms with Crippen molar-refractivity contribution in [1.82, 2.24) is 13.1 Å². The number of aromatic nitrogens is 2. The summed E-state index contributed by atoms with van der Waals surface area (Å²) in [5.41, 5.74) is -0.132. The summed E-state index contributed by atoms with van der Waals surface area (Å²) < 4.78 is 41.8. The Kier molecular flexibility index (Phi) is 7.03. The summed E-state index contributed by atoms with van der Waals surface area (Å²) in [6.07, 6.45) is 3.00. The molecule has 0 amide bonds. The number of furan rings is 1. The molecule has 9 nitrogen and oxygen atoms in total. The molecule has 0 saturated carbocycles. The Hall–Kier alpha value is -2.05. The number of phenolic OH excluding ortho intramolecular Hbond substituents is 1. The molecule has 0 aliphatic carbocycles. The third-order valence-corrected chi connectivity index (χ3v) is 8.64. The second-order valence-corrected chi connectivity index (χ2v) is 12.3. The number of aromatic hydroxyl groups is 1. The molecule has 184 valence electrons. The quantitative estimate of drug-likeness (QED) is 0.315. The van der Waals surface area contributed by atoms with E-state index in [2.05, 4.69) is 19.4 Å². The Balaban J connectivity index is 1.65. The van der Waals surface area contributed by atoms with Crippen LogP contribution in [0.2, 0.25) is 10.0 Å². The van der Waals surface area contributed by atoms with Crippen molar-refractivity contribution in [2.75, 3.05) is 23.7 Å². The van der Waals surface area contributed by atoms with Crippen LogP contribution in [0, 0.1) is 5.41 Å². The average molecular weight is 547 g/mol. The molecular weight excluding hydrogens is 521 g/mol. The maximum Gasteiger partial charge on any atom is 0.248 e. The Labute approximate surface area is 212 Å². The average Bonchev–Trinajstić information content (AvgIpc) is 3.50. The standard InChI is InChI=1S/C21H25Cl2N5O4S2/c1-21(2,3)18(15-10-12(22)11-32-15)25-20-19(26-33-27-20)24-14-7-6-13(23)17(16(14)29)34(30,31)28-8-4-5-9-28/h6-7,10-11,18,29H,4-5,8-9H2,1-3H3,(H,24,26)(H,25,27)/t18-/m0/s1. The van der Waals surface area contributed by atoms with Crippen LogP contribution in [0.1, 0.15) is 45.4 Å². The number of hydrogen-bond donors (Lipinski definition) is 3. The van der Waals surface area contributed by atoms with Gasteiger partial charge < -0.3 is 20.2 Å². The minimum atomic E-state index is -3.95. The van der Waals surface area contributed by atoms with E-state index in [0.717, 1.165) is 24.6 Å². The van der Waals surface area contributed by atoms with Crippen LogP contribution in [0.25, 0.3) is 0 Å². The van der Waals surface area contributed by atoms with Gasteiger partial charge in [0.15, 0.2) is 17.4 Å². The fourth-order valence-corrected chi connectivity index (χ4v) is 6.51. The van der Waals surface area contributed by atoms with E-state index >= 15 is 0 Å². The topological polar surface area (TPSA) is 121 Å². The first kappa shape index (κ1) is 25.1. The van der Waals surface area contributed by atoms with Crippen LogP contribution in [0.5, 0.6) is 5.75 Å². The molecule has 3 N–H and O–H groups in total. The zero-order chi connectivity index (χ0) is 24.7. The zero-order valence-electron chi connectivity index (χ0n) is 18.8. The van der Waals surface area contributed by atoms with Crippen LogP contribution in [0.3, 0.4) is 0 Å². The van der Waals surface area contributed by atoms with Crippen LogP contribution in [0.15, 0.2) is 33.8 Å². The van der Waals surface area contributed by atoms with Gasteiger partial charge in [-0.25, -0.2) is 8.42 Å². The van der Waals surface area contributed by atoms with E-state index in [1.54, 1.807) is 6.07 Å². The third-order valence-electron chi connectivity index (χ3n) is 5.51. The highest BCUT2D eigenvalue weighted by Gasteiger charge is 2.34. The minimum Gasteiger partial charge on any atom is -0.504 e. The lowest BCUT2D eigenvalue weighted by Crippen LogP contribution is -2.28. The lowest BCUT2D eigenvalue weighted by atomic mass is 9.85. The number of hydrogen-bond acceptors (Lipinski definition) is 9. The van der Waals surface area contributed by atoms with Crippen molar-refractivity contribution >= 4 is 62.3 Å². The van der Waals surface area contributed by atoms with Crippen molar-refractivity contribution < 1.29 is 17.9 Å². The summed E-state index contributed by atoms with van der Waals surface area (Å²) in [6.45, 7) is 6.90. The van der Waals surface area contributed by atoms with Gasteiger partial charge >= 0.3 is 0 Å². The molecule has 1 saturated heterocycles. The zero-order valence-corrected chi connectivity index (χ0v) is 21.9. The number of phenols is 1. The largest absolute Gasteiger partial charge is 0.504 e. The fraction of sp³-hybridized carbons (Fsp3) is 0.429. The highest BCUT2D eigenvalue weighted by molar-refractivity contribution is 7.89. The molecule has 1 aliphatic rings. The molecule has 2 aromatic heterocycles. The minimum absolute atomic E-state index is 0.0489. The van der Waals surface area contributed by atoms with Gasteiger partial charge in [-0.15, -0.1) is 0 Å². The van der Waals surface area contributed by atoms with Crippen LogP contribution in [0.4, 0.5) is 17.3 Å². The lowest BCUT2D eigenvalue weighted by molar-refractivity contribution is 0.304. The second-order valence-electron chi connectivity index (χ2n) is 9.08. The van der Waals surface area contributed by atoms with Crippen molar-refractivity contribution in [3.63, 3.8) is 0 Å². The fourth-order valence-electron chi connectivity index (χ4n) is 3.77. The molecule has 1 fully saturated rings. The summed E-state index contributed by atoms with van der Waals surface area (Å²) in [7, 11) is -3.95. The summed E-state index contributed by atoms with van der Waals surface area (Å²) >= 11 is 13.2. The summed E-state index contributed by atoms with van der Waals surface area (Å²) in [4.78, 5) is -0.323. The number of halogens is 2. The lowest BCUT2D eigenvalue weighted by Gasteiger charge is -2.30. The Morgan fingerprint density at radius 3 is 2.47 bits per heavy atom. The van der Waals surface area contributed by atoms with E-state index in [-0.39, 0.29) is 27.1 Å². The van der Waals surface area contributed by atoms with Crippen molar-refractivity contribution in [3.8, 4) is 5.75 Å². The van der Waals surface area contributed by atoms with Gasteiger partial charge in [0.1, 0.15) is 16.9 Å². The van der Waals surface area contributed by atoms with Gasteiger partial charge in [0.25, 0.3) is 0 Å². The number of nitrogens with zero attached hydrogens (tertiary/aromatic N) is 3. The van der Waals surface area contributed by atoms with Crippen molar-refractivity contribution in [1.29, 1.82) is 0 Å². The molecule has 4 rings (SSSR count). The first-order valence-electron chi connectivity index (χ1n) is 10.6. The van der Waals surface area contributed by atoms with Crippen LogP contribution >= 0.6 is 34.9 Å². The van der Waals surface area contributed by atoms with E-state index in [1.165, 1.54) is 22.7 Å². The van der Waals surface area contributed by atoms with Gasteiger partial charge in [-0.05, 0) is 30.4 Å². The maximum absolute atomic E-state index is 13.1. The summed E-state index contributed by atoms with van der Waals surface area (Å²) in [6, 6.07) is 4.37. The Morgan fingerprint density at radius 2 is 1.85 bits per heavy atom. The maximum atomic E-state index is 13.1. The van der Waals surface area contributed by atoms with E-state index in [9.17, 15) is 13.5 Å². The smallest absolute Gasteiger partial charge is 0.248 e. The van der Waals surface area contributed by atoms with Gasteiger partial charge in [0.2, 0.25) is 10.0 Å². The molecule has 3 aromatic rings. The summed E-state index contributed by atoms with van der Waals surface area (Å²) in [5, 5.41) is 17.7. The van der Waals surface area contributed by atoms with Gasteiger partial charge in [-0.2, -0.15) is 13.1 Å². The van der Waals surface area contributed by atoms with Crippen molar-refractivity contribution in [3.05, 3.63) is 40.3 Å². The van der Waals surface area contributed by atoms with E-state index in [1.807, 2.05) is 20.8 Å². The van der Waals surface area contributed by atoms with Crippen LogP contribution < -0.4 is 10.6 Å². The SMILES string of the molecule is CC(C)(C)[C@@H](Nc1nsnc1Nc1ccc(Cl)c(S(=O)(=O)N2CCCC2)c1O)c1cc(Cl)co1. The molecule has 1 aromatic carbocycles. The first-order chi connectivity index (χ1) is 16.0. The molecule has 0 radical (unpaired) electrons. The Morgan fingerprint density at radius 1 is 1.18 bits per heavy atom. The molecule has 3 heterocycles.